The molecule has 3 amide bonds. The van der Waals surface area contributed by atoms with E-state index in [9.17, 15) is 19.2 Å². The van der Waals surface area contributed by atoms with Crippen LogP contribution in [0.15, 0.2) is 97.1 Å². The Hall–Kier alpha value is -4.92. The van der Waals surface area contributed by atoms with Crippen LogP contribution < -0.4 is 10.6 Å². The first kappa shape index (κ1) is 33.0. The van der Waals surface area contributed by atoms with E-state index >= 15 is 0 Å². The first-order valence-electron chi connectivity index (χ1n) is 15.4. The molecule has 0 aliphatic carbocycles. The molecular weight excluding hydrogens is 570 g/mol. The molecule has 3 aromatic rings. The van der Waals surface area contributed by atoms with Crippen LogP contribution in [0.2, 0.25) is 0 Å². The second-order valence-electron chi connectivity index (χ2n) is 10.8. The van der Waals surface area contributed by atoms with Crippen LogP contribution >= 0.6 is 0 Å². The zero-order valence-electron chi connectivity index (χ0n) is 25.8. The molecule has 4 unspecified atom stereocenters. The van der Waals surface area contributed by atoms with E-state index in [1.807, 2.05) is 97.9 Å². The second kappa shape index (κ2) is 16.8. The number of likely N-dealkylation sites (tertiary alicyclic amines) is 1. The number of β-lactam (4-membered cyclic amide) rings is 1. The van der Waals surface area contributed by atoms with Crippen molar-refractivity contribution in [2.24, 2.45) is 0 Å². The maximum absolute atomic E-state index is 13.6. The fourth-order valence-corrected chi connectivity index (χ4v) is 5.26. The molecular formula is C36H41N3O6. The predicted molar refractivity (Wildman–Crippen MR) is 172 cm³/mol. The summed E-state index contributed by atoms with van der Waals surface area (Å²) < 4.78 is 10.9. The van der Waals surface area contributed by atoms with E-state index in [1.165, 1.54) is 4.90 Å². The molecule has 0 radical (unpaired) electrons. The van der Waals surface area contributed by atoms with E-state index in [4.69, 9.17) is 9.47 Å². The minimum atomic E-state index is -0.909. The highest BCUT2D eigenvalue weighted by molar-refractivity contribution is 5.97. The monoisotopic (exact) mass is 611 g/mol. The summed E-state index contributed by atoms with van der Waals surface area (Å²) in [5.41, 5.74) is 2.47. The lowest BCUT2D eigenvalue weighted by Gasteiger charge is -2.49. The highest BCUT2D eigenvalue weighted by Crippen LogP contribution is 2.29. The number of amides is 3. The Balaban J connectivity index is 1.50. The lowest BCUT2D eigenvalue weighted by atomic mass is 9.89. The van der Waals surface area contributed by atoms with Gasteiger partial charge in [0.05, 0.1) is 18.6 Å². The van der Waals surface area contributed by atoms with Crippen LogP contribution in [0.4, 0.5) is 4.79 Å². The number of carbonyl (C=O) groups excluding carboxylic acids is 4. The smallest absolute Gasteiger partial charge is 0.329 e. The largest absolute Gasteiger partial charge is 0.465 e. The van der Waals surface area contributed by atoms with Gasteiger partial charge >= 0.3 is 18.0 Å². The number of ether oxygens (including phenoxy) is 2. The summed E-state index contributed by atoms with van der Waals surface area (Å²) in [6, 6.07) is 25.1. The van der Waals surface area contributed by atoms with Gasteiger partial charge in [0.25, 0.3) is 0 Å². The van der Waals surface area contributed by atoms with Crippen LogP contribution in [0.25, 0.3) is 6.08 Å². The summed E-state index contributed by atoms with van der Waals surface area (Å²) in [4.78, 5) is 54.3. The zero-order chi connectivity index (χ0) is 32.0. The van der Waals surface area contributed by atoms with Gasteiger partial charge in [-0.25, -0.2) is 9.59 Å². The zero-order valence-corrected chi connectivity index (χ0v) is 25.8. The minimum absolute atomic E-state index is 0.0191. The van der Waals surface area contributed by atoms with Crippen molar-refractivity contribution in [2.45, 2.75) is 63.8 Å². The van der Waals surface area contributed by atoms with Crippen molar-refractivity contribution >= 4 is 30.0 Å². The van der Waals surface area contributed by atoms with Crippen molar-refractivity contribution in [3.63, 3.8) is 0 Å². The molecule has 3 aromatic carbocycles. The minimum Gasteiger partial charge on any atom is -0.465 e. The molecule has 1 fully saturated rings. The Labute approximate surface area is 264 Å². The lowest BCUT2D eigenvalue weighted by Crippen LogP contribution is -2.74. The number of esters is 2. The Morgan fingerprint density at radius 2 is 1.51 bits per heavy atom. The highest BCUT2D eigenvalue weighted by atomic mass is 16.5. The number of carbonyl (C=O) groups is 4. The van der Waals surface area contributed by atoms with Gasteiger partial charge in [-0.15, -0.1) is 0 Å². The van der Waals surface area contributed by atoms with Crippen molar-refractivity contribution < 1.29 is 28.7 Å². The van der Waals surface area contributed by atoms with Gasteiger partial charge in [-0.05, 0) is 30.0 Å². The average Bonchev–Trinajstić information content (AvgIpc) is 3.07. The maximum atomic E-state index is 13.6. The molecule has 0 spiro atoms. The van der Waals surface area contributed by atoms with Crippen molar-refractivity contribution in [1.29, 1.82) is 0 Å². The third-order valence-corrected chi connectivity index (χ3v) is 7.66. The molecule has 4 rings (SSSR count). The highest BCUT2D eigenvalue weighted by Gasteiger charge is 2.51. The van der Waals surface area contributed by atoms with E-state index in [0.29, 0.717) is 12.0 Å². The number of nitrogens with zero attached hydrogens (tertiary/aromatic N) is 1. The van der Waals surface area contributed by atoms with E-state index in [0.717, 1.165) is 24.0 Å². The number of hydrogen-bond donors (Lipinski definition) is 2. The summed E-state index contributed by atoms with van der Waals surface area (Å²) >= 11 is 0. The Bertz CT molecular complexity index is 1430. The quantitative estimate of drug-likeness (QED) is 0.180. The van der Waals surface area contributed by atoms with Crippen molar-refractivity contribution in [2.75, 3.05) is 13.2 Å². The number of rotatable bonds is 15. The van der Waals surface area contributed by atoms with E-state index < -0.39 is 42.0 Å². The molecule has 1 saturated heterocycles. The summed E-state index contributed by atoms with van der Waals surface area (Å²) in [7, 11) is 0. The van der Waals surface area contributed by atoms with Gasteiger partial charge in [0.15, 0.2) is 0 Å². The van der Waals surface area contributed by atoms with Gasteiger partial charge in [-0.2, -0.15) is 0 Å². The topological polar surface area (TPSA) is 114 Å². The Morgan fingerprint density at radius 3 is 2.16 bits per heavy atom. The molecule has 45 heavy (non-hydrogen) atoms. The predicted octanol–water partition coefficient (Wildman–Crippen LogP) is 5.23. The molecule has 9 nitrogen and oxygen atoms in total. The summed E-state index contributed by atoms with van der Waals surface area (Å²) in [6.45, 7) is 4.03. The fourth-order valence-electron chi connectivity index (χ4n) is 5.26. The molecule has 4 atom stereocenters. The third-order valence-electron chi connectivity index (χ3n) is 7.66. The third kappa shape index (κ3) is 9.04. The Kier molecular flexibility index (Phi) is 12.3. The number of unbranched alkanes of at least 4 members (excludes halogenated alkanes) is 1. The summed E-state index contributed by atoms with van der Waals surface area (Å²) in [6.07, 6.45) is 5.69. The van der Waals surface area contributed by atoms with E-state index in [1.54, 1.807) is 19.1 Å². The molecule has 0 saturated carbocycles. The van der Waals surface area contributed by atoms with Gasteiger partial charge in [-0.1, -0.05) is 123 Å². The lowest BCUT2D eigenvalue weighted by molar-refractivity contribution is -0.167. The van der Waals surface area contributed by atoms with Crippen LogP contribution in [0.1, 0.15) is 55.7 Å². The number of hydrogen-bond acceptors (Lipinski definition) is 6. The first-order chi connectivity index (χ1) is 21.9. The molecule has 9 heteroatoms. The summed E-state index contributed by atoms with van der Waals surface area (Å²) in [5, 5.41) is 5.51. The van der Waals surface area contributed by atoms with Crippen LogP contribution in [0.5, 0.6) is 0 Å². The first-order valence-corrected chi connectivity index (χ1v) is 15.4. The normalized spacial score (nSPS) is 17.2. The molecule has 236 valence electrons. The molecule has 2 N–H and O–H groups in total. The SMILES string of the molecule is CCCCC(C(=O)OCc1ccccc1)N1C(=O)C(NC(=O)NCC(C(=O)OCC)c2ccccc2)C1C=Cc1ccccc1. The second-order valence-corrected chi connectivity index (χ2v) is 10.8. The molecule has 0 aromatic heterocycles. The standard InChI is InChI=1S/C36H41N3O6/c1-3-5-21-31(35(42)45-25-27-17-11-7-12-18-27)39-30(23-22-26-15-9-6-10-16-26)32(33(39)40)38-36(43)37-24-29(34(41)44-4-2)28-19-13-8-14-20-28/h6-20,22-23,29-32H,3-5,21,24-25H2,1-2H3,(H2,37,38,43). The van der Waals surface area contributed by atoms with Gasteiger partial charge in [0, 0.05) is 6.54 Å². The molecule has 0 bridgehead atoms. The van der Waals surface area contributed by atoms with Crippen LogP contribution in [-0.2, 0) is 30.5 Å². The average molecular weight is 612 g/mol. The number of nitrogens with one attached hydrogen (secondary N) is 2. The number of urea groups is 1. The van der Waals surface area contributed by atoms with Gasteiger partial charge < -0.3 is 25.0 Å². The van der Waals surface area contributed by atoms with Crippen molar-refractivity contribution in [1.82, 2.24) is 15.5 Å². The van der Waals surface area contributed by atoms with Gasteiger partial charge in [0.1, 0.15) is 18.7 Å². The van der Waals surface area contributed by atoms with Crippen LogP contribution in [0, 0.1) is 0 Å². The van der Waals surface area contributed by atoms with Crippen molar-refractivity contribution in [3.05, 3.63) is 114 Å². The Morgan fingerprint density at radius 1 is 0.867 bits per heavy atom. The van der Waals surface area contributed by atoms with Crippen molar-refractivity contribution in [3.8, 4) is 0 Å². The van der Waals surface area contributed by atoms with Crippen LogP contribution in [-0.4, -0.2) is 60.1 Å². The van der Waals surface area contributed by atoms with E-state index in [-0.39, 0.29) is 25.7 Å². The van der Waals surface area contributed by atoms with E-state index in [2.05, 4.69) is 10.6 Å². The number of benzene rings is 3. The maximum Gasteiger partial charge on any atom is 0.329 e. The summed E-state index contributed by atoms with van der Waals surface area (Å²) in [5.74, 6) is -2.03. The van der Waals surface area contributed by atoms with Crippen LogP contribution in [0.3, 0.4) is 0 Å². The van der Waals surface area contributed by atoms with Gasteiger partial charge in [0.2, 0.25) is 5.91 Å². The molecule has 1 aliphatic heterocycles. The molecule has 1 aliphatic rings. The van der Waals surface area contributed by atoms with Gasteiger partial charge in [-0.3, -0.25) is 9.59 Å². The molecule has 1 heterocycles. The fraction of sp³-hybridized carbons (Fsp3) is 0.333.